The third-order valence-corrected chi connectivity index (χ3v) is 4.22. The second kappa shape index (κ2) is 5.54. The summed E-state index contributed by atoms with van der Waals surface area (Å²) in [5.41, 5.74) is 8.11. The van der Waals surface area contributed by atoms with Crippen molar-refractivity contribution in [2.24, 2.45) is 5.73 Å². The summed E-state index contributed by atoms with van der Waals surface area (Å²) in [6.45, 7) is 7.30. The Kier molecular flexibility index (Phi) is 3.76. The minimum atomic E-state index is 0.424. The largest absolute Gasteiger partial charge is 0.329 e. The summed E-state index contributed by atoms with van der Waals surface area (Å²) < 4.78 is 2.40. The molecule has 0 spiro atoms. The van der Waals surface area contributed by atoms with Crippen LogP contribution in [0.2, 0.25) is 0 Å². The number of aromatic nitrogens is 2. The number of benzene rings is 1. The molecule has 2 heterocycles. The topological polar surface area (TPSA) is 47.1 Å². The van der Waals surface area contributed by atoms with E-state index in [9.17, 15) is 0 Å². The molecule has 20 heavy (non-hydrogen) atoms. The number of hydrogen-bond acceptors (Lipinski definition) is 3. The number of fused-ring (bicyclic) bond motifs is 1. The molecule has 1 aromatic carbocycles. The van der Waals surface area contributed by atoms with Gasteiger partial charge in [0.15, 0.2) is 0 Å². The van der Waals surface area contributed by atoms with E-state index in [4.69, 9.17) is 10.7 Å². The van der Waals surface area contributed by atoms with Gasteiger partial charge in [-0.15, -0.1) is 0 Å². The maximum absolute atomic E-state index is 5.75. The second-order valence-electron chi connectivity index (χ2n) is 5.91. The molecule has 1 saturated heterocycles. The smallest absolute Gasteiger partial charge is 0.127 e. The van der Waals surface area contributed by atoms with Crippen molar-refractivity contribution >= 4 is 11.0 Å². The zero-order valence-electron chi connectivity index (χ0n) is 12.4. The summed E-state index contributed by atoms with van der Waals surface area (Å²) in [5, 5.41) is 0. The lowest BCUT2D eigenvalue weighted by atomic mass is 10.2. The molecule has 1 atom stereocenters. The first-order chi connectivity index (χ1) is 9.72. The minimum Gasteiger partial charge on any atom is -0.329 e. The van der Waals surface area contributed by atoms with Crippen molar-refractivity contribution in [3.05, 3.63) is 30.1 Å². The van der Waals surface area contributed by atoms with Crippen LogP contribution in [0.25, 0.3) is 11.0 Å². The lowest BCUT2D eigenvalue weighted by Gasteiger charge is -2.25. The van der Waals surface area contributed by atoms with Crippen molar-refractivity contribution in [2.45, 2.75) is 38.8 Å². The fourth-order valence-corrected chi connectivity index (χ4v) is 3.39. The van der Waals surface area contributed by atoms with Gasteiger partial charge in [0, 0.05) is 19.1 Å². The van der Waals surface area contributed by atoms with Crippen LogP contribution >= 0.6 is 0 Å². The summed E-state index contributed by atoms with van der Waals surface area (Å²) in [5.74, 6) is 1.21. The maximum Gasteiger partial charge on any atom is 0.127 e. The van der Waals surface area contributed by atoms with Crippen LogP contribution in [0.15, 0.2) is 24.3 Å². The van der Waals surface area contributed by atoms with Crippen molar-refractivity contribution < 1.29 is 0 Å². The van der Waals surface area contributed by atoms with Crippen molar-refractivity contribution in [1.29, 1.82) is 0 Å². The van der Waals surface area contributed by atoms with Crippen molar-refractivity contribution in [1.82, 2.24) is 14.5 Å². The molecule has 4 nitrogen and oxygen atoms in total. The summed E-state index contributed by atoms with van der Waals surface area (Å²) in [6, 6.07) is 9.30. The predicted molar refractivity (Wildman–Crippen MR) is 82.7 cm³/mol. The van der Waals surface area contributed by atoms with E-state index in [0.29, 0.717) is 12.1 Å². The predicted octanol–water partition coefficient (Wildman–Crippen LogP) is 2.71. The van der Waals surface area contributed by atoms with Gasteiger partial charge in [0.25, 0.3) is 0 Å². The van der Waals surface area contributed by atoms with Crippen molar-refractivity contribution in [3.63, 3.8) is 0 Å². The molecule has 108 valence electrons. The van der Waals surface area contributed by atoms with Gasteiger partial charge in [-0.2, -0.15) is 0 Å². The summed E-state index contributed by atoms with van der Waals surface area (Å²) in [7, 11) is 0. The third-order valence-electron chi connectivity index (χ3n) is 4.22. The molecule has 1 unspecified atom stereocenters. The average Bonchev–Trinajstić information content (AvgIpc) is 3.01. The molecule has 3 rings (SSSR count). The van der Waals surface area contributed by atoms with Gasteiger partial charge >= 0.3 is 0 Å². The van der Waals surface area contributed by atoms with Gasteiger partial charge in [-0.05, 0) is 45.4 Å². The van der Waals surface area contributed by atoms with E-state index in [1.54, 1.807) is 0 Å². The highest BCUT2D eigenvalue weighted by molar-refractivity contribution is 5.76. The van der Waals surface area contributed by atoms with Crippen LogP contribution in [0, 0.1) is 0 Å². The van der Waals surface area contributed by atoms with E-state index in [-0.39, 0.29) is 0 Å². The van der Waals surface area contributed by atoms with Crippen molar-refractivity contribution in [2.75, 3.05) is 19.6 Å². The van der Waals surface area contributed by atoms with Crippen LogP contribution in [0.5, 0.6) is 0 Å². The van der Waals surface area contributed by atoms with Crippen LogP contribution in [0.4, 0.5) is 0 Å². The Morgan fingerprint density at radius 3 is 2.90 bits per heavy atom. The lowest BCUT2D eigenvalue weighted by Crippen LogP contribution is -2.30. The fraction of sp³-hybridized carbons (Fsp3) is 0.562. The summed E-state index contributed by atoms with van der Waals surface area (Å²) in [6.07, 6.45) is 2.43. The highest BCUT2D eigenvalue weighted by atomic mass is 15.2. The Balaban J connectivity index is 2.08. The molecule has 1 aliphatic rings. The molecule has 1 fully saturated rings. The van der Waals surface area contributed by atoms with Gasteiger partial charge < -0.3 is 10.3 Å². The first-order valence-electron chi connectivity index (χ1n) is 7.63. The Morgan fingerprint density at radius 1 is 1.35 bits per heavy atom. The summed E-state index contributed by atoms with van der Waals surface area (Å²) in [4.78, 5) is 7.42. The van der Waals surface area contributed by atoms with Crippen LogP contribution in [0.3, 0.4) is 0 Å². The van der Waals surface area contributed by atoms with Gasteiger partial charge in [-0.1, -0.05) is 12.1 Å². The Morgan fingerprint density at radius 2 is 2.15 bits per heavy atom. The zero-order chi connectivity index (χ0) is 14.1. The number of nitrogens with two attached hydrogens (primary N) is 1. The van der Waals surface area contributed by atoms with E-state index in [1.165, 1.54) is 24.2 Å². The van der Waals surface area contributed by atoms with Crippen LogP contribution < -0.4 is 5.73 Å². The van der Waals surface area contributed by atoms with E-state index >= 15 is 0 Å². The average molecular weight is 272 g/mol. The molecule has 1 aliphatic heterocycles. The van der Waals surface area contributed by atoms with Crippen LogP contribution in [-0.4, -0.2) is 34.1 Å². The van der Waals surface area contributed by atoms with Crippen molar-refractivity contribution in [3.8, 4) is 0 Å². The molecule has 0 saturated carbocycles. The number of imidazole rings is 1. The SMILES string of the molecule is CC(C)n1c(C2CCCN2CCN)nc2ccccc21. The number of rotatable bonds is 4. The number of likely N-dealkylation sites (tertiary alicyclic amines) is 1. The highest BCUT2D eigenvalue weighted by Gasteiger charge is 2.30. The maximum atomic E-state index is 5.75. The van der Waals surface area contributed by atoms with Gasteiger partial charge in [-0.25, -0.2) is 4.98 Å². The monoisotopic (exact) mass is 272 g/mol. The number of hydrogen-bond donors (Lipinski definition) is 1. The third kappa shape index (κ3) is 2.23. The quantitative estimate of drug-likeness (QED) is 0.931. The molecule has 2 aromatic rings. The number of para-hydroxylation sites is 2. The molecule has 0 radical (unpaired) electrons. The van der Waals surface area contributed by atoms with Gasteiger partial charge in [-0.3, -0.25) is 4.90 Å². The van der Waals surface area contributed by atoms with Gasteiger partial charge in [0.1, 0.15) is 5.82 Å². The zero-order valence-corrected chi connectivity index (χ0v) is 12.4. The van der Waals surface area contributed by atoms with Crippen LogP contribution in [0.1, 0.15) is 44.6 Å². The minimum absolute atomic E-state index is 0.424. The highest BCUT2D eigenvalue weighted by Crippen LogP contribution is 2.34. The molecule has 2 N–H and O–H groups in total. The molecule has 0 aliphatic carbocycles. The Bertz CT molecular complexity index is 587. The molecular weight excluding hydrogens is 248 g/mol. The Labute approximate surface area is 120 Å². The molecular formula is C16H24N4. The van der Waals surface area contributed by atoms with E-state index in [0.717, 1.165) is 25.2 Å². The molecule has 1 aromatic heterocycles. The van der Waals surface area contributed by atoms with Crippen LogP contribution in [-0.2, 0) is 0 Å². The summed E-state index contributed by atoms with van der Waals surface area (Å²) >= 11 is 0. The standard InChI is InChI=1S/C16H24N4/c1-12(2)20-14-7-4-3-6-13(14)18-16(20)15-8-5-10-19(15)11-9-17/h3-4,6-7,12,15H,5,8-11,17H2,1-2H3. The first-order valence-corrected chi connectivity index (χ1v) is 7.63. The second-order valence-corrected chi connectivity index (χ2v) is 5.91. The first kappa shape index (κ1) is 13.6. The lowest BCUT2D eigenvalue weighted by molar-refractivity contribution is 0.249. The fourth-order valence-electron chi connectivity index (χ4n) is 3.39. The van der Waals surface area contributed by atoms with Gasteiger partial charge in [0.2, 0.25) is 0 Å². The van der Waals surface area contributed by atoms with E-state index in [2.05, 4.69) is 47.6 Å². The van der Waals surface area contributed by atoms with E-state index < -0.39 is 0 Å². The molecule has 0 bridgehead atoms. The Hall–Kier alpha value is -1.39. The number of nitrogens with zero attached hydrogens (tertiary/aromatic N) is 3. The normalized spacial score (nSPS) is 20.3. The van der Waals surface area contributed by atoms with Gasteiger partial charge in [0.05, 0.1) is 17.1 Å². The van der Waals surface area contributed by atoms with E-state index in [1.807, 2.05) is 0 Å². The molecule has 4 heteroatoms. The molecule has 0 amide bonds.